The molecule has 0 bridgehead atoms. The number of hydrogen-bond acceptors (Lipinski definition) is 3. The second-order valence-corrected chi connectivity index (χ2v) is 0. The van der Waals surface area contributed by atoms with Gasteiger partial charge in [-0.25, -0.2) is 0 Å². The minimum Gasteiger partial charge on any atom is -0.380 e. The fraction of sp³-hybridized carbons (Fsp3) is 0. The predicted octanol–water partition coefficient (Wildman–Crippen LogP) is -0.696. The summed E-state index contributed by atoms with van der Waals surface area (Å²) in [5, 5.41) is 0. The molecule has 0 aliphatic carbocycles. The maximum absolute atomic E-state index is 6.92. The van der Waals surface area contributed by atoms with Gasteiger partial charge in [0.2, 0.25) is 0 Å². The van der Waals surface area contributed by atoms with Gasteiger partial charge in [-0.3, -0.25) is 0 Å². The molecular weight excluding hydrogens is 247 g/mol. The molecule has 0 saturated heterocycles. The van der Waals surface area contributed by atoms with Gasteiger partial charge in [0.25, 0.3) is 0 Å². The fourth-order valence-corrected chi connectivity index (χ4v) is 0. The first-order chi connectivity index (χ1) is 3.00. The topological polar surface area (TPSA) is 60.7 Å². The van der Waals surface area contributed by atoms with Gasteiger partial charge in [0, 0.05) is 20.4 Å². The summed E-state index contributed by atoms with van der Waals surface area (Å²) in [5.41, 5.74) is 0. The third-order valence-corrected chi connectivity index (χ3v) is 0. The zero-order chi connectivity index (χ0) is 6.00. The summed E-state index contributed by atoms with van der Waals surface area (Å²) in [5.74, 6) is 0. The second kappa shape index (κ2) is 109. The van der Waals surface area contributed by atoms with Gasteiger partial charge >= 0.3 is 0 Å². The van der Waals surface area contributed by atoms with Crippen LogP contribution in [0.1, 0.15) is 0 Å². The molecule has 0 saturated carbocycles. The molecule has 0 rings (SSSR count). The van der Waals surface area contributed by atoms with Crippen LogP contribution in [0.2, 0.25) is 0 Å². The Labute approximate surface area is 63.8 Å². The summed E-state index contributed by atoms with van der Waals surface area (Å²) in [6.45, 7) is 0. The minimum absolute atomic E-state index is 0. The van der Waals surface area contributed by atoms with E-state index < -0.39 is 0 Å². The van der Waals surface area contributed by atoms with E-state index in [9.17, 15) is 0 Å². The number of rotatable bonds is 0. The normalized spacial score (nSPS) is 2.57. The average molecular weight is 256 g/mol. The molecule has 3 nitrogen and oxygen atoms in total. The fourth-order valence-electron chi connectivity index (χ4n) is 0. The van der Waals surface area contributed by atoms with E-state index in [4.69, 9.17) is 14.7 Å². The number of hydrogen-bond donors (Lipinski definition) is 3. The predicted molar refractivity (Wildman–Crippen MR) is 35.8 cm³/mol. The van der Waals surface area contributed by atoms with Crippen molar-refractivity contribution in [3.8, 4) is 0 Å². The van der Waals surface area contributed by atoms with Crippen LogP contribution in [0.5, 0.6) is 0 Å². The van der Waals surface area contributed by atoms with Crippen LogP contribution in [0.4, 0.5) is 0 Å². The van der Waals surface area contributed by atoms with E-state index in [1.54, 1.807) is 0 Å². The molecule has 52 valence electrons. The van der Waals surface area contributed by atoms with E-state index in [1.807, 2.05) is 0 Å². The molecular formula is H9O3P3Pd. The molecule has 0 aromatic rings. The van der Waals surface area contributed by atoms with Gasteiger partial charge in [-0.1, -0.05) is 0 Å². The molecule has 0 fully saturated rings. The monoisotopic (exact) mass is 256 g/mol. The van der Waals surface area contributed by atoms with Gasteiger partial charge in [-0.2, -0.15) is 0 Å². The van der Waals surface area contributed by atoms with Crippen LogP contribution in [-0.2, 0) is 20.4 Å². The van der Waals surface area contributed by atoms with E-state index in [2.05, 4.69) is 0 Å². The molecule has 0 aromatic carbocycles. The van der Waals surface area contributed by atoms with E-state index in [0.29, 0.717) is 0 Å². The Morgan fingerprint density at radius 3 is 0.571 bits per heavy atom. The molecule has 0 aliphatic rings. The van der Waals surface area contributed by atoms with Crippen molar-refractivity contribution in [3.63, 3.8) is 0 Å². The van der Waals surface area contributed by atoms with E-state index in [1.165, 1.54) is 28.4 Å². The van der Waals surface area contributed by atoms with E-state index in [-0.39, 0.29) is 20.4 Å². The Morgan fingerprint density at radius 2 is 0.571 bits per heavy atom. The van der Waals surface area contributed by atoms with Gasteiger partial charge in [-0.15, -0.1) is 0 Å². The third kappa shape index (κ3) is 79.4. The van der Waals surface area contributed by atoms with Gasteiger partial charge in [-0.05, 0) is 28.4 Å². The average Bonchev–Trinajstić information content (AvgIpc) is 1.81. The van der Waals surface area contributed by atoms with Crippen molar-refractivity contribution in [2.45, 2.75) is 0 Å². The van der Waals surface area contributed by atoms with Crippen molar-refractivity contribution >= 4 is 28.4 Å². The van der Waals surface area contributed by atoms with Crippen LogP contribution in [0.3, 0.4) is 0 Å². The zero-order valence-electron chi connectivity index (χ0n) is 3.39. The summed E-state index contributed by atoms with van der Waals surface area (Å²) in [6, 6.07) is 0. The van der Waals surface area contributed by atoms with Crippen molar-refractivity contribution in [1.82, 2.24) is 0 Å². The molecule has 3 atom stereocenters. The minimum atomic E-state index is 0. The third-order valence-electron chi connectivity index (χ3n) is 0. The van der Waals surface area contributed by atoms with Crippen LogP contribution in [-0.4, -0.2) is 14.7 Å². The first-order valence-electron chi connectivity index (χ1n) is 0.775. The molecule has 0 aliphatic heterocycles. The van der Waals surface area contributed by atoms with Crippen LogP contribution in [0, 0.1) is 0 Å². The van der Waals surface area contributed by atoms with Crippen molar-refractivity contribution in [3.05, 3.63) is 0 Å². The van der Waals surface area contributed by atoms with Crippen molar-refractivity contribution in [1.29, 1.82) is 0 Å². The standard InChI is InChI=1S/3H3OP.Pd/c3*1-2;/h3*1H,2H2;. The Morgan fingerprint density at radius 1 is 0.571 bits per heavy atom. The van der Waals surface area contributed by atoms with Crippen molar-refractivity contribution in [2.75, 3.05) is 0 Å². The Balaban J connectivity index is -0.00000000900. The van der Waals surface area contributed by atoms with Crippen LogP contribution in [0.15, 0.2) is 0 Å². The molecule has 0 heterocycles. The van der Waals surface area contributed by atoms with Gasteiger partial charge < -0.3 is 14.7 Å². The molecule has 3 N–H and O–H groups in total. The second-order valence-electron chi connectivity index (χ2n) is 0. The van der Waals surface area contributed by atoms with Gasteiger partial charge in [0.05, 0.1) is 0 Å². The van der Waals surface area contributed by atoms with Crippen molar-refractivity contribution in [2.24, 2.45) is 0 Å². The summed E-state index contributed by atoms with van der Waals surface area (Å²) in [7, 11) is 4.25. The van der Waals surface area contributed by atoms with Crippen LogP contribution in [0.25, 0.3) is 0 Å². The zero-order valence-corrected chi connectivity index (χ0v) is 8.41. The maximum Gasteiger partial charge on any atom is 0 e. The Bertz CT molecular complexity index is 10.1. The Hall–Kier alpha value is 1.83. The van der Waals surface area contributed by atoms with Crippen molar-refractivity contribution < 1.29 is 35.1 Å². The summed E-state index contributed by atoms with van der Waals surface area (Å²) >= 11 is 0. The quantitative estimate of drug-likeness (QED) is 0.397. The SMILES string of the molecule is OP.OP.OP.[Pd]. The first kappa shape index (κ1) is 23.2. The molecule has 0 amide bonds. The maximum atomic E-state index is 6.92. The molecule has 0 aromatic heterocycles. The smallest absolute Gasteiger partial charge is 0 e. The molecule has 7 heteroatoms. The molecule has 3 unspecified atom stereocenters. The first-order valence-corrected chi connectivity index (χ1v) is 2.32. The van der Waals surface area contributed by atoms with E-state index >= 15 is 0 Å². The van der Waals surface area contributed by atoms with Crippen LogP contribution < -0.4 is 0 Å². The Kier molecular flexibility index (Phi) is 361. The summed E-state index contributed by atoms with van der Waals surface area (Å²) in [6.07, 6.45) is 0. The van der Waals surface area contributed by atoms with Gasteiger partial charge in [0.15, 0.2) is 0 Å². The van der Waals surface area contributed by atoms with E-state index in [0.717, 1.165) is 0 Å². The molecule has 0 radical (unpaired) electrons. The summed E-state index contributed by atoms with van der Waals surface area (Å²) < 4.78 is 0. The van der Waals surface area contributed by atoms with Gasteiger partial charge in [0.1, 0.15) is 0 Å². The largest absolute Gasteiger partial charge is 0.380 e. The molecule has 0 spiro atoms. The molecule has 7 heavy (non-hydrogen) atoms. The summed E-state index contributed by atoms with van der Waals surface area (Å²) in [4.78, 5) is 20.8. The van der Waals surface area contributed by atoms with Crippen LogP contribution >= 0.6 is 28.4 Å².